The third-order valence-electron chi connectivity index (χ3n) is 10.2. The van der Waals surface area contributed by atoms with Gasteiger partial charge in [0.15, 0.2) is 5.78 Å². The third kappa shape index (κ3) is 4.01. The second-order valence-electron chi connectivity index (χ2n) is 11.9. The van der Waals surface area contributed by atoms with Crippen LogP contribution in [-0.2, 0) is 14.3 Å². The van der Waals surface area contributed by atoms with Crippen LogP contribution in [-0.4, -0.2) is 41.7 Å². The average Bonchev–Trinajstić information content (AvgIpc) is 3.18. The monoisotopic (exact) mass is 552 g/mol. The maximum atomic E-state index is 15.1. The molecule has 6 atom stereocenters. The number of hydrogen-bond donors (Lipinski definition) is 1. The molecule has 4 aliphatic carbocycles. The van der Waals surface area contributed by atoms with E-state index in [2.05, 4.69) is 0 Å². The van der Waals surface area contributed by atoms with Crippen LogP contribution in [0.2, 0.25) is 0 Å². The number of hydrogen-bond acceptors (Lipinski definition) is 4. The summed E-state index contributed by atoms with van der Waals surface area (Å²) >= 11 is 0. The smallest absolute Gasteiger partial charge is 0.456 e. The molecule has 9 heteroatoms. The summed E-state index contributed by atoms with van der Waals surface area (Å²) < 4.78 is 76.0. The lowest BCUT2D eigenvalue weighted by Gasteiger charge is -2.56. The van der Waals surface area contributed by atoms with Gasteiger partial charge < -0.3 is 9.84 Å². The zero-order valence-electron chi connectivity index (χ0n) is 22.2. The number of carbonyl (C=O) groups excluding carboxylic acids is 2. The van der Waals surface area contributed by atoms with Gasteiger partial charge in [-0.15, -0.1) is 0 Å². The van der Waals surface area contributed by atoms with E-state index in [0.29, 0.717) is 31.2 Å². The van der Waals surface area contributed by atoms with Gasteiger partial charge in [0.25, 0.3) is 0 Å². The van der Waals surface area contributed by atoms with E-state index in [0.717, 1.165) is 22.3 Å². The van der Waals surface area contributed by atoms with Crippen LogP contribution in [0.15, 0.2) is 47.1 Å². The number of aliphatic hydroxyl groups is 1. The number of ketones is 1. The molecule has 39 heavy (non-hydrogen) atoms. The first kappa shape index (κ1) is 28.0. The Balaban J connectivity index is 1.65. The van der Waals surface area contributed by atoms with Crippen LogP contribution in [0.1, 0.15) is 81.8 Å². The lowest BCUT2D eigenvalue weighted by molar-refractivity contribution is -0.362. The first-order valence-corrected chi connectivity index (χ1v) is 13.5. The van der Waals surface area contributed by atoms with Crippen molar-refractivity contribution in [3.8, 4) is 0 Å². The molecular weight excluding hydrogens is 519 g/mol. The number of fused-ring (bicyclic) bond motifs is 4. The van der Waals surface area contributed by atoms with Crippen molar-refractivity contribution < 1.29 is 41.4 Å². The van der Waals surface area contributed by atoms with E-state index in [1.54, 1.807) is 37.3 Å². The molecule has 2 saturated carbocycles. The Kier molecular flexibility index (Phi) is 6.64. The molecule has 0 bridgehead atoms. The van der Waals surface area contributed by atoms with Crippen LogP contribution >= 0.6 is 0 Å². The average molecular weight is 553 g/mol. The van der Waals surface area contributed by atoms with Crippen molar-refractivity contribution in [2.45, 2.75) is 88.3 Å². The number of alkyl halides is 5. The highest BCUT2D eigenvalue weighted by molar-refractivity contribution is 5.93. The van der Waals surface area contributed by atoms with Crippen molar-refractivity contribution in [2.24, 2.45) is 17.3 Å². The quantitative estimate of drug-likeness (QED) is 0.330. The predicted molar refractivity (Wildman–Crippen MR) is 133 cm³/mol. The van der Waals surface area contributed by atoms with Crippen molar-refractivity contribution in [3.63, 3.8) is 0 Å². The lowest BCUT2D eigenvalue weighted by atomic mass is 9.50. The lowest BCUT2D eigenvalue weighted by Crippen LogP contribution is -2.65. The van der Waals surface area contributed by atoms with Gasteiger partial charge in [0.1, 0.15) is 5.60 Å². The van der Waals surface area contributed by atoms with Gasteiger partial charge in [0, 0.05) is 17.8 Å². The number of halogens is 5. The Hall–Kier alpha value is -2.55. The van der Waals surface area contributed by atoms with Gasteiger partial charge in [-0.2, -0.15) is 22.0 Å². The minimum absolute atomic E-state index is 0.0335. The van der Waals surface area contributed by atoms with E-state index in [1.807, 2.05) is 0 Å². The van der Waals surface area contributed by atoms with Crippen LogP contribution in [0.5, 0.6) is 0 Å². The molecule has 5 rings (SSSR count). The SMILES string of the molecule is COC(=O)C(C)c1ccc([C@H]2C[C@@]3(C)[C@@H](CC[C@@]3(O)C(F)(F)C(F)(F)F)[C@@H]3CCC4=CC(=O)CCC4=C32)cc1. The van der Waals surface area contributed by atoms with Crippen LogP contribution < -0.4 is 0 Å². The first-order valence-electron chi connectivity index (χ1n) is 13.5. The molecule has 0 spiro atoms. The first-order chi connectivity index (χ1) is 18.2. The predicted octanol–water partition coefficient (Wildman–Crippen LogP) is 6.79. The van der Waals surface area contributed by atoms with Gasteiger partial charge in [-0.05, 0) is 85.6 Å². The fourth-order valence-electron chi connectivity index (χ4n) is 8.04. The Labute approximate surface area is 224 Å². The largest absolute Gasteiger partial charge is 0.469 e. The molecular formula is C30H33F5O4. The Bertz CT molecular complexity index is 1250. The van der Waals surface area contributed by atoms with Gasteiger partial charge in [0.2, 0.25) is 0 Å². The van der Waals surface area contributed by atoms with E-state index in [-0.39, 0.29) is 24.5 Å². The molecule has 0 heterocycles. The fourth-order valence-corrected chi connectivity index (χ4v) is 8.04. The van der Waals surface area contributed by atoms with Gasteiger partial charge in [-0.25, -0.2) is 0 Å². The number of allylic oxidation sites excluding steroid dienone is 4. The number of esters is 1. The molecule has 0 aliphatic heterocycles. The van der Waals surface area contributed by atoms with E-state index in [9.17, 15) is 27.9 Å². The van der Waals surface area contributed by atoms with Crippen LogP contribution in [0.25, 0.3) is 0 Å². The zero-order valence-corrected chi connectivity index (χ0v) is 22.2. The summed E-state index contributed by atoms with van der Waals surface area (Å²) in [6, 6.07) is 7.08. The molecule has 0 aromatic heterocycles. The summed E-state index contributed by atoms with van der Waals surface area (Å²) in [6.45, 7) is 3.10. The second kappa shape index (κ2) is 9.25. The minimum Gasteiger partial charge on any atom is -0.469 e. The van der Waals surface area contributed by atoms with Crippen molar-refractivity contribution in [2.75, 3.05) is 7.11 Å². The molecule has 1 aromatic rings. The molecule has 0 amide bonds. The number of methoxy groups -OCH3 is 1. The minimum atomic E-state index is -5.88. The second-order valence-corrected chi connectivity index (χ2v) is 11.9. The van der Waals surface area contributed by atoms with Crippen molar-refractivity contribution in [1.82, 2.24) is 0 Å². The van der Waals surface area contributed by atoms with E-state index in [4.69, 9.17) is 4.74 Å². The van der Waals surface area contributed by atoms with Crippen LogP contribution in [0.3, 0.4) is 0 Å². The Morgan fingerprint density at radius 3 is 2.36 bits per heavy atom. The summed E-state index contributed by atoms with van der Waals surface area (Å²) in [4.78, 5) is 24.2. The fraction of sp³-hybridized carbons (Fsp3) is 0.600. The van der Waals surface area contributed by atoms with Gasteiger partial charge in [-0.1, -0.05) is 36.8 Å². The van der Waals surface area contributed by atoms with Crippen LogP contribution in [0.4, 0.5) is 22.0 Å². The molecule has 0 saturated heterocycles. The van der Waals surface area contributed by atoms with Crippen molar-refractivity contribution in [1.29, 1.82) is 0 Å². The standard InChI is InChI=1S/C30H33F5O4/c1-16(26(37)39-3)17-4-6-18(7-5-17)23-15-27(2)24(12-13-28(27,38)29(31,32)30(33,34)35)22-10-8-19-14-20(36)9-11-21(19)25(22)23/h4-7,14,16,22-24,38H,8-13,15H2,1-3H3/t16?,22-,23+,24-,27-,28-/m0/s1. The summed E-state index contributed by atoms with van der Waals surface area (Å²) in [6.07, 6.45) is -2.96. The molecule has 1 N–H and O–H groups in total. The molecule has 212 valence electrons. The van der Waals surface area contributed by atoms with Crippen LogP contribution in [0, 0.1) is 17.3 Å². The molecule has 1 aromatic carbocycles. The number of benzene rings is 1. The van der Waals surface area contributed by atoms with Gasteiger partial charge >= 0.3 is 18.1 Å². The maximum Gasteiger partial charge on any atom is 0.456 e. The molecule has 2 fully saturated rings. The summed E-state index contributed by atoms with van der Waals surface area (Å²) in [5, 5.41) is 11.3. The highest BCUT2D eigenvalue weighted by Crippen LogP contribution is 2.70. The topological polar surface area (TPSA) is 63.6 Å². The zero-order chi connectivity index (χ0) is 28.5. The molecule has 4 nitrogen and oxygen atoms in total. The normalized spacial score (nSPS) is 33.6. The maximum absolute atomic E-state index is 15.1. The van der Waals surface area contributed by atoms with Crippen molar-refractivity contribution in [3.05, 3.63) is 58.2 Å². The molecule has 4 aliphatic rings. The van der Waals surface area contributed by atoms with E-state index < -0.39 is 53.3 Å². The summed E-state index contributed by atoms with van der Waals surface area (Å²) in [7, 11) is 1.29. The molecule has 0 radical (unpaired) electrons. The Morgan fingerprint density at radius 2 is 1.74 bits per heavy atom. The van der Waals surface area contributed by atoms with Gasteiger partial charge in [0.05, 0.1) is 13.0 Å². The number of carbonyl (C=O) groups is 2. The van der Waals surface area contributed by atoms with Crippen molar-refractivity contribution >= 4 is 11.8 Å². The van der Waals surface area contributed by atoms with E-state index in [1.165, 1.54) is 14.0 Å². The highest BCUT2D eigenvalue weighted by Gasteiger charge is 2.79. The Morgan fingerprint density at radius 1 is 1.08 bits per heavy atom. The third-order valence-corrected chi connectivity index (χ3v) is 10.2. The summed E-state index contributed by atoms with van der Waals surface area (Å²) in [5.41, 5.74) is -0.571. The molecule has 1 unspecified atom stereocenters. The highest BCUT2D eigenvalue weighted by atomic mass is 19.4. The summed E-state index contributed by atoms with van der Waals surface area (Å²) in [5.74, 6) is -7.53. The van der Waals surface area contributed by atoms with E-state index >= 15 is 8.78 Å². The van der Waals surface area contributed by atoms with Gasteiger partial charge in [-0.3, -0.25) is 9.59 Å². The number of ether oxygens (including phenoxy) is 1. The number of rotatable bonds is 4.